The van der Waals surface area contributed by atoms with Gasteiger partial charge in [-0.2, -0.15) is 9.49 Å². The normalized spacial score (nSPS) is 19.2. The van der Waals surface area contributed by atoms with Crippen LogP contribution >= 0.6 is 15.9 Å². The Morgan fingerprint density at radius 2 is 1.87 bits per heavy atom. The number of ether oxygens (including phenoxy) is 1. The molecule has 272 valence electrons. The molecule has 1 saturated heterocycles. The van der Waals surface area contributed by atoms with Crippen LogP contribution in [-0.2, 0) is 20.9 Å². The Bertz CT molecular complexity index is 2100. The molecule has 0 bridgehead atoms. The van der Waals surface area contributed by atoms with E-state index in [0.29, 0.717) is 49.0 Å². The molecule has 1 aromatic carbocycles. The molecule has 3 atom stereocenters. The molecule has 13 nitrogen and oxygen atoms in total. The number of aryl methyl sites for hydroxylation is 2. The van der Waals surface area contributed by atoms with Gasteiger partial charge in [-0.05, 0) is 85.6 Å². The fourth-order valence-corrected chi connectivity index (χ4v) is 7.48. The third-order valence-electron chi connectivity index (χ3n) is 9.78. The number of amides is 3. The van der Waals surface area contributed by atoms with Gasteiger partial charge in [0.2, 0.25) is 17.7 Å². The van der Waals surface area contributed by atoms with Gasteiger partial charge in [0.05, 0.1) is 12.6 Å². The number of anilines is 1. The number of hydrogen-bond acceptors (Lipinski definition) is 9. The molecule has 4 heterocycles. The summed E-state index contributed by atoms with van der Waals surface area (Å²) >= 11 is 3.06. The molecular weight excluding hydrogens is 735 g/mol. The molecule has 2 N–H and O–H groups in total. The number of nitrogens with one attached hydrogen (secondary N) is 2. The molecule has 52 heavy (non-hydrogen) atoms. The number of unbranched alkanes of at least 4 members (excludes halogenated alkanes) is 1. The Kier molecular flexibility index (Phi) is 10.5. The maximum Gasteiger partial charge on any atom is 0.248 e. The summed E-state index contributed by atoms with van der Waals surface area (Å²) in [5.74, 6) is -1.39. The Hall–Kier alpha value is -5.05. The minimum absolute atomic E-state index is 0.0427. The van der Waals surface area contributed by atoms with Crippen molar-refractivity contribution < 1.29 is 28.3 Å². The molecule has 2 aliphatic rings. The van der Waals surface area contributed by atoms with Crippen molar-refractivity contribution in [2.45, 2.75) is 78.4 Å². The zero-order valence-electron chi connectivity index (χ0n) is 29.6. The largest absolute Gasteiger partial charge is 0.493 e. The number of halogens is 2. The monoisotopic (exact) mass is 774 g/mol. The van der Waals surface area contributed by atoms with Gasteiger partial charge in [-0.1, -0.05) is 12.2 Å². The number of nitrogens with zero attached hydrogens (tertiary/aromatic N) is 6. The van der Waals surface area contributed by atoms with E-state index >= 15 is 0 Å². The lowest BCUT2D eigenvalue weighted by Gasteiger charge is -2.27. The van der Waals surface area contributed by atoms with Crippen molar-refractivity contribution >= 4 is 56.2 Å². The summed E-state index contributed by atoms with van der Waals surface area (Å²) < 4.78 is 20.9. The van der Waals surface area contributed by atoms with E-state index in [1.54, 1.807) is 24.2 Å². The number of hydrogen-bond donors (Lipinski definition) is 2. The molecule has 15 heteroatoms. The molecule has 1 aliphatic heterocycles. The van der Waals surface area contributed by atoms with Crippen LogP contribution in [0.15, 0.2) is 47.3 Å². The fourth-order valence-electron chi connectivity index (χ4n) is 7.10. The predicted octanol–water partition coefficient (Wildman–Crippen LogP) is 5.48. The number of allylic oxidation sites excluding steroid dienone is 2. The molecule has 0 unspecified atom stereocenters. The highest BCUT2D eigenvalue weighted by atomic mass is 79.9. The van der Waals surface area contributed by atoms with Gasteiger partial charge in [-0.25, -0.2) is 15.0 Å². The topological polar surface area (TPSA) is 161 Å². The second kappa shape index (κ2) is 14.9. The van der Waals surface area contributed by atoms with Crippen molar-refractivity contribution in [3.05, 3.63) is 70.2 Å². The number of carbonyl (C=O) groups is 4. The molecule has 3 amide bonds. The molecule has 6 rings (SSSR count). The summed E-state index contributed by atoms with van der Waals surface area (Å²) in [4.78, 5) is 68.0. The summed E-state index contributed by atoms with van der Waals surface area (Å²) in [5.41, 5.74) is 2.71. The van der Waals surface area contributed by atoms with Crippen molar-refractivity contribution in [2.75, 3.05) is 19.0 Å². The van der Waals surface area contributed by atoms with E-state index in [1.165, 1.54) is 24.8 Å². The maximum atomic E-state index is 14.4. The van der Waals surface area contributed by atoms with Gasteiger partial charge in [0.1, 0.15) is 34.5 Å². The van der Waals surface area contributed by atoms with E-state index in [-0.39, 0.29) is 52.0 Å². The lowest BCUT2D eigenvalue weighted by Crippen LogP contribution is -2.46. The third-order valence-corrected chi connectivity index (χ3v) is 10.3. The number of benzene rings is 1. The van der Waals surface area contributed by atoms with Crippen molar-refractivity contribution in [1.29, 1.82) is 0 Å². The van der Waals surface area contributed by atoms with Crippen LogP contribution < -0.4 is 15.4 Å². The molecule has 0 radical (unpaired) electrons. The van der Waals surface area contributed by atoms with Crippen LogP contribution in [0.5, 0.6) is 5.75 Å². The zero-order valence-corrected chi connectivity index (χ0v) is 31.2. The summed E-state index contributed by atoms with van der Waals surface area (Å²) in [6.45, 7) is 7.12. The standard InChI is InChI=1S/C37H40BrFN8O5/c1-6-7-8-9-10-30(49)42-19-37-14-26(36(51)44-29-13-27(52-5)32(39)35(38)43-29)47(28(37)15-37)31(50)18-46-34-20(2)11-23(24-16-40-22(4)41-17-24)12-25(34)33(45-46)21(3)48/h6-7,11-13,16-17,26,28H,8-10,14-15,18-19H2,1-5H3,(H,42,49)(H,43,44,51)/b7-6+/t26-,28+,37-/m0/s1. The summed E-state index contributed by atoms with van der Waals surface area (Å²) in [5, 5.41) is 10.9. The number of methoxy groups -OCH3 is 1. The number of likely N-dealkylation sites (tertiary alicyclic amines) is 1. The lowest BCUT2D eigenvalue weighted by atomic mass is 9.98. The highest BCUT2D eigenvalue weighted by molar-refractivity contribution is 9.10. The van der Waals surface area contributed by atoms with E-state index < -0.39 is 23.2 Å². The molecule has 0 spiro atoms. The number of fused-ring (bicyclic) bond motifs is 2. The van der Waals surface area contributed by atoms with Crippen LogP contribution in [-0.4, -0.2) is 78.9 Å². The van der Waals surface area contributed by atoms with Crippen molar-refractivity contribution in [3.63, 3.8) is 0 Å². The smallest absolute Gasteiger partial charge is 0.248 e. The van der Waals surface area contributed by atoms with Gasteiger partial charge in [0, 0.05) is 60.8 Å². The number of aromatic nitrogens is 5. The summed E-state index contributed by atoms with van der Waals surface area (Å²) in [7, 11) is 1.30. The number of carbonyl (C=O) groups excluding carboxylic acids is 4. The lowest BCUT2D eigenvalue weighted by molar-refractivity contribution is -0.138. The molecular formula is C37H40BrFN8O5. The van der Waals surface area contributed by atoms with Crippen LogP contribution in [0.1, 0.15) is 67.8 Å². The van der Waals surface area contributed by atoms with Gasteiger partial charge in [-0.3, -0.25) is 23.9 Å². The van der Waals surface area contributed by atoms with Gasteiger partial charge in [0.15, 0.2) is 17.3 Å². The van der Waals surface area contributed by atoms with Crippen molar-refractivity contribution in [1.82, 2.24) is 34.9 Å². The van der Waals surface area contributed by atoms with Gasteiger partial charge in [-0.15, -0.1) is 0 Å². The average molecular weight is 776 g/mol. The Balaban J connectivity index is 1.29. The Labute approximate surface area is 308 Å². The first-order valence-corrected chi connectivity index (χ1v) is 17.9. The van der Waals surface area contributed by atoms with Crippen LogP contribution in [0.3, 0.4) is 0 Å². The second-order valence-corrected chi connectivity index (χ2v) is 14.2. The fraction of sp³-hybridized carbons (Fsp3) is 0.405. The van der Waals surface area contributed by atoms with E-state index in [0.717, 1.165) is 23.1 Å². The van der Waals surface area contributed by atoms with Crippen molar-refractivity contribution in [2.24, 2.45) is 5.41 Å². The van der Waals surface area contributed by atoms with Gasteiger partial charge in [0.25, 0.3) is 0 Å². The zero-order chi connectivity index (χ0) is 37.3. The molecule has 3 aromatic heterocycles. The highest BCUT2D eigenvalue weighted by Gasteiger charge is 2.67. The van der Waals surface area contributed by atoms with E-state index in [2.05, 4.69) is 46.6 Å². The molecule has 1 saturated carbocycles. The number of rotatable bonds is 13. The first-order valence-electron chi connectivity index (χ1n) is 17.1. The number of Topliss-reactive ketones (excluding diaryl/α,β-unsaturated/α-hetero) is 1. The number of ketones is 1. The summed E-state index contributed by atoms with van der Waals surface area (Å²) in [6.07, 6.45) is 10.2. The Morgan fingerprint density at radius 3 is 2.56 bits per heavy atom. The molecule has 2 fully saturated rings. The van der Waals surface area contributed by atoms with Crippen LogP contribution in [0.25, 0.3) is 22.0 Å². The predicted molar refractivity (Wildman–Crippen MR) is 195 cm³/mol. The summed E-state index contributed by atoms with van der Waals surface area (Å²) in [6, 6.07) is 3.82. The highest BCUT2D eigenvalue weighted by Crippen LogP contribution is 2.59. The first kappa shape index (κ1) is 36.7. The van der Waals surface area contributed by atoms with E-state index in [1.807, 2.05) is 38.1 Å². The quantitative estimate of drug-likeness (QED) is 0.0776. The number of pyridine rings is 1. The van der Waals surface area contributed by atoms with Crippen LogP contribution in [0.4, 0.5) is 10.2 Å². The maximum absolute atomic E-state index is 14.4. The van der Waals surface area contributed by atoms with Crippen LogP contribution in [0, 0.1) is 25.1 Å². The SMILES string of the molecule is C/C=C/CCCC(=O)NC[C@@]12C[C@@H](C(=O)Nc3cc(OC)c(F)c(Br)n3)N(C(=O)Cn3nc(C(C)=O)c4cc(-c5cnc(C)nc5)cc(C)c43)[C@@H]1C2. The van der Waals surface area contributed by atoms with Crippen LogP contribution in [0.2, 0.25) is 0 Å². The Morgan fingerprint density at radius 1 is 1.12 bits per heavy atom. The average Bonchev–Trinajstić information content (AvgIpc) is 3.52. The van der Waals surface area contributed by atoms with Crippen molar-refractivity contribution in [3.8, 4) is 16.9 Å². The minimum atomic E-state index is -0.919. The number of piperidine rings is 1. The van der Waals surface area contributed by atoms with E-state index in [9.17, 15) is 23.6 Å². The second-order valence-electron chi connectivity index (χ2n) is 13.4. The molecule has 4 aromatic rings. The minimum Gasteiger partial charge on any atom is -0.493 e. The van der Waals surface area contributed by atoms with Gasteiger partial charge < -0.3 is 20.3 Å². The molecule has 1 aliphatic carbocycles. The van der Waals surface area contributed by atoms with Gasteiger partial charge >= 0.3 is 0 Å². The third kappa shape index (κ3) is 7.31. The first-order chi connectivity index (χ1) is 24.8. The van der Waals surface area contributed by atoms with E-state index in [4.69, 9.17) is 4.74 Å².